The number of rotatable bonds is 3. The quantitative estimate of drug-likeness (QED) is 0.777. The second-order valence-electron chi connectivity index (χ2n) is 5.89. The highest BCUT2D eigenvalue weighted by atomic mass is 35.5. The van der Waals surface area contributed by atoms with Crippen LogP contribution in [-0.4, -0.2) is 30.3 Å². The van der Waals surface area contributed by atoms with E-state index in [9.17, 15) is 0 Å². The fourth-order valence-electron chi connectivity index (χ4n) is 3.00. The van der Waals surface area contributed by atoms with Crippen LogP contribution in [0.3, 0.4) is 0 Å². The van der Waals surface area contributed by atoms with Crippen molar-refractivity contribution in [3.8, 4) is 28.6 Å². The molecule has 25 heavy (non-hydrogen) atoms. The summed E-state index contributed by atoms with van der Waals surface area (Å²) in [4.78, 5) is 4.54. The van der Waals surface area contributed by atoms with Crippen molar-refractivity contribution in [2.45, 2.75) is 12.8 Å². The minimum absolute atomic E-state index is 0. The number of nitrogens with zero attached hydrogens (tertiary/aromatic N) is 2. The lowest BCUT2D eigenvalue weighted by atomic mass is 10.00. The highest BCUT2D eigenvalue weighted by molar-refractivity contribution is 5.85. The Morgan fingerprint density at radius 3 is 2.44 bits per heavy atom. The molecule has 1 aliphatic rings. The average Bonchev–Trinajstić information content (AvgIpc) is 3.01. The number of benzene rings is 2. The molecule has 0 fully saturated rings. The summed E-state index contributed by atoms with van der Waals surface area (Å²) < 4.78 is 10.6. The van der Waals surface area contributed by atoms with E-state index in [4.69, 9.17) is 9.26 Å². The maximum absolute atomic E-state index is 5.48. The molecule has 5 nitrogen and oxygen atoms in total. The first kappa shape index (κ1) is 17.5. The topological polar surface area (TPSA) is 60.2 Å². The predicted octanol–water partition coefficient (Wildman–Crippen LogP) is 3.52. The SMILES string of the molecule is COc1ccc(-c2noc(-c3ccc4c(c3)CCNCC4)n2)cc1.Cl. The maximum atomic E-state index is 5.48. The molecule has 1 N–H and O–H groups in total. The van der Waals surface area contributed by atoms with Gasteiger partial charge in [0.15, 0.2) is 0 Å². The van der Waals surface area contributed by atoms with E-state index in [1.807, 2.05) is 24.3 Å². The van der Waals surface area contributed by atoms with Crippen LogP contribution in [0.4, 0.5) is 0 Å². The molecule has 0 amide bonds. The smallest absolute Gasteiger partial charge is 0.258 e. The first-order valence-electron chi connectivity index (χ1n) is 8.14. The fourth-order valence-corrected chi connectivity index (χ4v) is 3.00. The molecule has 3 aromatic rings. The van der Waals surface area contributed by atoms with Crippen LogP contribution in [0.25, 0.3) is 22.8 Å². The van der Waals surface area contributed by atoms with Crippen molar-refractivity contribution in [1.29, 1.82) is 0 Å². The minimum Gasteiger partial charge on any atom is -0.497 e. The molecule has 0 saturated carbocycles. The Labute approximate surface area is 152 Å². The number of hydrogen-bond donors (Lipinski definition) is 1. The zero-order valence-corrected chi connectivity index (χ0v) is 14.8. The van der Waals surface area contributed by atoms with Crippen molar-refractivity contribution in [3.63, 3.8) is 0 Å². The number of aromatic nitrogens is 2. The standard InChI is InChI=1S/C19H19N3O2.ClH/c1-23-17-6-4-14(5-7-17)18-21-19(24-22-18)16-3-2-13-8-10-20-11-9-15(13)12-16;/h2-7,12,20H,8-11H2,1H3;1H. The molecule has 2 aromatic carbocycles. The van der Waals surface area contributed by atoms with Crippen LogP contribution in [0.1, 0.15) is 11.1 Å². The molecule has 1 aliphatic heterocycles. The molecule has 0 atom stereocenters. The predicted molar refractivity (Wildman–Crippen MR) is 99.2 cm³/mol. The van der Waals surface area contributed by atoms with Gasteiger partial charge in [0, 0.05) is 11.1 Å². The molecule has 0 unspecified atom stereocenters. The van der Waals surface area contributed by atoms with Gasteiger partial charge in [-0.05, 0) is 73.5 Å². The number of methoxy groups -OCH3 is 1. The fraction of sp³-hybridized carbons (Fsp3) is 0.263. The van der Waals surface area contributed by atoms with Gasteiger partial charge in [-0.2, -0.15) is 4.98 Å². The first-order chi connectivity index (χ1) is 11.8. The Balaban J connectivity index is 0.00000182. The van der Waals surface area contributed by atoms with Crippen LogP contribution in [0.15, 0.2) is 47.0 Å². The van der Waals surface area contributed by atoms with Crippen LogP contribution < -0.4 is 10.1 Å². The number of nitrogens with one attached hydrogen (secondary N) is 1. The van der Waals surface area contributed by atoms with Crippen LogP contribution in [0.2, 0.25) is 0 Å². The summed E-state index contributed by atoms with van der Waals surface area (Å²) in [5.74, 6) is 1.95. The summed E-state index contributed by atoms with van der Waals surface area (Å²) >= 11 is 0. The molecule has 130 valence electrons. The van der Waals surface area contributed by atoms with Gasteiger partial charge in [0.1, 0.15) is 5.75 Å². The minimum atomic E-state index is 0. The van der Waals surface area contributed by atoms with E-state index >= 15 is 0 Å². The van der Waals surface area contributed by atoms with E-state index in [0.29, 0.717) is 11.7 Å². The summed E-state index contributed by atoms with van der Waals surface area (Å²) in [7, 11) is 1.65. The molecule has 6 heteroatoms. The molecule has 0 bridgehead atoms. The summed E-state index contributed by atoms with van der Waals surface area (Å²) in [6.45, 7) is 2.05. The Hall–Kier alpha value is -2.37. The van der Waals surface area contributed by atoms with Crippen molar-refractivity contribution in [2.75, 3.05) is 20.2 Å². The molecule has 0 saturated heterocycles. The van der Waals surface area contributed by atoms with Crippen LogP contribution in [0.5, 0.6) is 5.75 Å². The number of ether oxygens (including phenoxy) is 1. The Kier molecular flexibility index (Phi) is 5.36. The first-order valence-corrected chi connectivity index (χ1v) is 8.14. The summed E-state index contributed by atoms with van der Waals surface area (Å²) in [6, 6.07) is 14.0. The van der Waals surface area contributed by atoms with Gasteiger partial charge >= 0.3 is 0 Å². The van der Waals surface area contributed by atoms with E-state index in [2.05, 4.69) is 33.7 Å². The van der Waals surface area contributed by atoms with Gasteiger partial charge in [-0.3, -0.25) is 0 Å². The highest BCUT2D eigenvalue weighted by Crippen LogP contribution is 2.26. The van der Waals surface area contributed by atoms with Gasteiger partial charge < -0.3 is 14.6 Å². The van der Waals surface area contributed by atoms with E-state index in [1.165, 1.54) is 11.1 Å². The Morgan fingerprint density at radius 1 is 0.960 bits per heavy atom. The number of hydrogen-bond acceptors (Lipinski definition) is 5. The van der Waals surface area contributed by atoms with Gasteiger partial charge in [-0.1, -0.05) is 11.2 Å². The third kappa shape index (κ3) is 3.67. The maximum Gasteiger partial charge on any atom is 0.258 e. The normalized spacial score (nSPS) is 13.5. The number of fused-ring (bicyclic) bond motifs is 1. The van der Waals surface area contributed by atoms with E-state index in [1.54, 1.807) is 7.11 Å². The molecule has 1 aromatic heterocycles. The van der Waals surface area contributed by atoms with Crippen molar-refractivity contribution in [3.05, 3.63) is 53.6 Å². The van der Waals surface area contributed by atoms with E-state index in [-0.39, 0.29) is 12.4 Å². The van der Waals surface area contributed by atoms with Gasteiger partial charge in [0.2, 0.25) is 5.82 Å². The second-order valence-corrected chi connectivity index (χ2v) is 5.89. The highest BCUT2D eigenvalue weighted by Gasteiger charge is 2.14. The zero-order valence-electron chi connectivity index (χ0n) is 14.0. The summed E-state index contributed by atoms with van der Waals surface area (Å²) in [5, 5.41) is 7.54. The Morgan fingerprint density at radius 2 is 1.68 bits per heavy atom. The Bertz CT molecular complexity index is 846. The third-order valence-electron chi connectivity index (χ3n) is 4.37. The molecule has 0 radical (unpaired) electrons. The van der Waals surface area contributed by atoms with Gasteiger partial charge in [0.25, 0.3) is 5.89 Å². The monoisotopic (exact) mass is 357 g/mol. The third-order valence-corrected chi connectivity index (χ3v) is 4.37. The van der Waals surface area contributed by atoms with Crippen molar-refractivity contribution in [2.24, 2.45) is 0 Å². The van der Waals surface area contributed by atoms with Crippen molar-refractivity contribution < 1.29 is 9.26 Å². The molecular weight excluding hydrogens is 338 g/mol. The lowest BCUT2D eigenvalue weighted by Gasteiger charge is -2.05. The van der Waals surface area contributed by atoms with Crippen LogP contribution >= 0.6 is 12.4 Å². The molecule has 2 heterocycles. The molecular formula is C19H20ClN3O2. The summed E-state index contributed by atoms with van der Waals surface area (Å²) in [5.41, 5.74) is 4.65. The summed E-state index contributed by atoms with van der Waals surface area (Å²) in [6.07, 6.45) is 2.10. The van der Waals surface area contributed by atoms with E-state index in [0.717, 1.165) is 42.8 Å². The van der Waals surface area contributed by atoms with Crippen LogP contribution in [-0.2, 0) is 12.8 Å². The van der Waals surface area contributed by atoms with Gasteiger partial charge in [-0.15, -0.1) is 12.4 Å². The average molecular weight is 358 g/mol. The second kappa shape index (κ2) is 7.68. The molecule has 0 aliphatic carbocycles. The van der Waals surface area contributed by atoms with Gasteiger partial charge in [-0.25, -0.2) is 0 Å². The van der Waals surface area contributed by atoms with Crippen molar-refractivity contribution >= 4 is 12.4 Å². The van der Waals surface area contributed by atoms with Crippen LogP contribution in [0, 0.1) is 0 Å². The molecule has 4 rings (SSSR count). The molecule has 0 spiro atoms. The van der Waals surface area contributed by atoms with E-state index < -0.39 is 0 Å². The number of halogens is 1. The van der Waals surface area contributed by atoms with Crippen molar-refractivity contribution in [1.82, 2.24) is 15.5 Å². The largest absolute Gasteiger partial charge is 0.497 e. The zero-order chi connectivity index (χ0) is 16.4. The lowest BCUT2D eigenvalue weighted by Crippen LogP contribution is -2.16. The lowest BCUT2D eigenvalue weighted by molar-refractivity contribution is 0.415. The van der Waals surface area contributed by atoms with Gasteiger partial charge in [0.05, 0.1) is 7.11 Å².